The maximum atomic E-state index is 11.8. The Balaban J connectivity index is 1.77. The number of ether oxygens (including phenoxy) is 1. The van der Waals surface area contributed by atoms with Crippen molar-refractivity contribution in [3.8, 4) is 5.75 Å². The Bertz CT molecular complexity index is 583. The van der Waals surface area contributed by atoms with E-state index in [1.807, 2.05) is 31.3 Å². The third-order valence-electron chi connectivity index (χ3n) is 2.61. The van der Waals surface area contributed by atoms with Gasteiger partial charge >= 0.3 is 0 Å². The molecule has 2 N–H and O–H groups in total. The lowest BCUT2D eigenvalue weighted by Gasteiger charge is -2.07. The summed E-state index contributed by atoms with van der Waals surface area (Å²) in [6, 6.07) is 7.28. The molecule has 2 rings (SSSR count). The molecule has 0 unspecified atom stereocenters. The average Bonchev–Trinajstić information content (AvgIpc) is 2.84. The standard InChI is InChI=1S/C14H17N3O2S/c1-10-16-8-13(20-10)7-15-9-14(18)17-11-4-3-5-12(6-11)19-2/h3-6,8,15H,7,9H2,1-2H3,(H,17,18). The van der Waals surface area contributed by atoms with Gasteiger partial charge in [0.05, 0.1) is 18.7 Å². The van der Waals surface area contributed by atoms with Crippen LogP contribution in [0.1, 0.15) is 9.88 Å². The SMILES string of the molecule is COc1cccc(NC(=O)CNCc2cnc(C)s2)c1. The molecular weight excluding hydrogens is 274 g/mol. The summed E-state index contributed by atoms with van der Waals surface area (Å²) < 4.78 is 5.11. The summed E-state index contributed by atoms with van der Waals surface area (Å²) in [7, 11) is 1.60. The van der Waals surface area contributed by atoms with Crippen molar-refractivity contribution in [3.63, 3.8) is 0 Å². The predicted octanol–water partition coefficient (Wildman–Crippen LogP) is 2.19. The van der Waals surface area contributed by atoms with Crippen LogP contribution in [-0.4, -0.2) is 24.5 Å². The number of nitrogens with zero attached hydrogens (tertiary/aromatic N) is 1. The molecule has 0 fully saturated rings. The van der Waals surface area contributed by atoms with Crippen LogP contribution in [0, 0.1) is 6.92 Å². The molecule has 1 heterocycles. The lowest BCUT2D eigenvalue weighted by Crippen LogP contribution is -2.27. The molecule has 0 aliphatic rings. The van der Waals surface area contributed by atoms with Crippen molar-refractivity contribution < 1.29 is 9.53 Å². The first-order valence-corrected chi connectivity index (χ1v) is 7.05. The van der Waals surface area contributed by atoms with Gasteiger partial charge < -0.3 is 15.4 Å². The number of thiazole rings is 1. The molecule has 0 spiro atoms. The van der Waals surface area contributed by atoms with Crippen molar-refractivity contribution in [2.24, 2.45) is 0 Å². The first-order valence-electron chi connectivity index (χ1n) is 6.23. The molecule has 0 bridgehead atoms. The van der Waals surface area contributed by atoms with E-state index in [2.05, 4.69) is 15.6 Å². The maximum Gasteiger partial charge on any atom is 0.238 e. The zero-order valence-electron chi connectivity index (χ0n) is 11.5. The molecule has 2 aromatic rings. The highest BCUT2D eigenvalue weighted by Gasteiger charge is 2.04. The lowest BCUT2D eigenvalue weighted by atomic mass is 10.3. The molecule has 0 atom stereocenters. The summed E-state index contributed by atoms with van der Waals surface area (Å²) in [6.45, 7) is 2.87. The fraction of sp³-hybridized carbons (Fsp3) is 0.286. The molecule has 0 radical (unpaired) electrons. The number of benzene rings is 1. The molecule has 0 aliphatic heterocycles. The van der Waals surface area contributed by atoms with E-state index in [1.54, 1.807) is 24.5 Å². The molecule has 0 aliphatic carbocycles. The first-order chi connectivity index (χ1) is 9.67. The molecule has 1 aromatic carbocycles. The van der Waals surface area contributed by atoms with Crippen LogP contribution >= 0.6 is 11.3 Å². The van der Waals surface area contributed by atoms with E-state index in [1.165, 1.54) is 0 Å². The van der Waals surface area contributed by atoms with E-state index in [4.69, 9.17) is 4.74 Å². The number of rotatable bonds is 6. The van der Waals surface area contributed by atoms with Crippen molar-refractivity contribution in [2.75, 3.05) is 19.0 Å². The highest BCUT2D eigenvalue weighted by Crippen LogP contribution is 2.16. The highest BCUT2D eigenvalue weighted by atomic mass is 32.1. The van der Waals surface area contributed by atoms with Crippen LogP contribution in [0.4, 0.5) is 5.69 Å². The fourth-order valence-corrected chi connectivity index (χ4v) is 2.46. The van der Waals surface area contributed by atoms with Gasteiger partial charge in [-0.1, -0.05) is 6.07 Å². The van der Waals surface area contributed by atoms with Gasteiger partial charge in [0.1, 0.15) is 5.75 Å². The molecule has 0 saturated heterocycles. The van der Waals surface area contributed by atoms with Gasteiger partial charge in [-0.25, -0.2) is 4.98 Å². The number of hydrogen-bond acceptors (Lipinski definition) is 5. The number of nitrogens with one attached hydrogen (secondary N) is 2. The van der Waals surface area contributed by atoms with Crippen LogP contribution in [0.25, 0.3) is 0 Å². The summed E-state index contributed by atoms with van der Waals surface area (Å²) >= 11 is 1.63. The summed E-state index contributed by atoms with van der Waals surface area (Å²) in [5.74, 6) is 0.635. The van der Waals surface area contributed by atoms with Gasteiger partial charge in [-0.2, -0.15) is 0 Å². The molecule has 6 heteroatoms. The molecule has 1 amide bonds. The monoisotopic (exact) mass is 291 g/mol. The Labute approximate surface area is 122 Å². The molecule has 1 aromatic heterocycles. The van der Waals surface area contributed by atoms with Crippen molar-refractivity contribution >= 4 is 22.9 Å². The molecular formula is C14H17N3O2S. The van der Waals surface area contributed by atoms with Crippen LogP contribution < -0.4 is 15.4 Å². The maximum absolute atomic E-state index is 11.8. The largest absolute Gasteiger partial charge is 0.497 e. The second kappa shape index (κ2) is 7.02. The summed E-state index contributed by atoms with van der Waals surface area (Å²) in [5.41, 5.74) is 0.727. The summed E-state index contributed by atoms with van der Waals surface area (Å²) in [5, 5.41) is 6.94. The lowest BCUT2D eigenvalue weighted by molar-refractivity contribution is -0.115. The van der Waals surface area contributed by atoms with Gasteiger partial charge in [0.2, 0.25) is 5.91 Å². The predicted molar refractivity (Wildman–Crippen MR) is 80.2 cm³/mol. The summed E-state index contributed by atoms with van der Waals surface area (Å²) in [6.07, 6.45) is 1.83. The van der Waals surface area contributed by atoms with Crippen LogP contribution in [0.15, 0.2) is 30.5 Å². The van der Waals surface area contributed by atoms with E-state index < -0.39 is 0 Å². The number of hydrogen-bond donors (Lipinski definition) is 2. The minimum Gasteiger partial charge on any atom is -0.497 e. The zero-order chi connectivity index (χ0) is 14.4. The first kappa shape index (κ1) is 14.5. The Kier molecular flexibility index (Phi) is 5.09. The smallest absolute Gasteiger partial charge is 0.238 e. The molecule has 106 valence electrons. The number of carbonyl (C=O) groups excluding carboxylic acids is 1. The van der Waals surface area contributed by atoms with Gasteiger partial charge in [-0.3, -0.25) is 4.79 Å². The van der Waals surface area contributed by atoms with E-state index >= 15 is 0 Å². The Hall–Kier alpha value is -1.92. The van der Waals surface area contributed by atoms with E-state index in [0.29, 0.717) is 6.54 Å². The number of anilines is 1. The number of aromatic nitrogens is 1. The van der Waals surface area contributed by atoms with E-state index in [-0.39, 0.29) is 12.5 Å². The second-order valence-electron chi connectivity index (χ2n) is 4.23. The molecule has 20 heavy (non-hydrogen) atoms. The third kappa shape index (κ3) is 4.32. The number of amides is 1. The Morgan fingerprint density at radius 1 is 1.45 bits per heavy atom. The van der Waals surface area contributed by atoms with Crippen molar-refractivity contribution in [1.29, 1.82) is 0 Å². The van der Waals surface area contributed by atoms with Crippen LogP contribution in [0.2, 0.25) is 0 Å². The van der Waals surface area contributed by atoms with Gasteiger partial charge in [-0.15, -0.1) is 11.3 Å². The van der Waals surface area contributed by atoms with E-state index in [9.17, 15) is 4.79 Å². The normalized spacial score (nSPS) is 10.3. The fourth-order valence-electron chi connectivity index (χ4n) is 1.69. The van der Waals surface area contributed by atoms with Gasteiger partial charge in [0.25, 0.3) is 0 Å². The number of aryl methyl sites for hydroxylation is 1. The topological polar surface area (TPSA) is 63.2 Å². The van der Waals surface area contributed by atoms with Gasteiger partial charge in [0.15, 0.2) is 0 Å². The minimum atomic E-state index is -0.0838. The average molecular weight is 291 g/mol. The third-order valence-corrected chi connectivity index (χ3v) is 3.52. The van der Waals surface area contributed by atoms with Crippen LogP contribution in [-0.2, 0) is 11.3 Å². The van der Waals surface area contributed by atoms with Crippen molar-refractivity contribution in [2.45, 2.75) is 13.5 Å². The van der Waals surface area contributed by atoms with Crippen molar-refractivity contribution in [1.82, 2.24) is 10.3 Å². The number of methoxy groups -OCH3 is 1. The van der Waals surface area contributed by atoms with E-state index in [0.717, 1.165) is 21.3 Å². The summed E-state index contributed by atoms with van der Waals surface area (Å²) in [4.78, 5) is 17.1. The van der Waals surface area contributed by atoms with Gasteiger partial charge in [0, 0.05) is 29.4 Å². The Morgan fingerprint density at radius 3 is 3.00 bits per heavy atom. The molecule has 0 saturated carbocycles. The number of carbonyl (C=O) groups is 1. The quantitative estimate of drug-likeness (QED) is 0.856. The van der Waals surface area contributed by atoms with Crippen LogP contribution in [0.5, 0.6) is 5.75 Å². The minimum absolute atomic E-state index is 0.0838. The van der Waals surface area contributed by atoms with Gasteiger partial charge in [-0.05, 0) is 19.1 Å². The molecule has 5 nitrogen and oxygen atoms in total. The Morgan fingerprint density at radius 2 is 2.30 bits per heavy atom. The van der Waals surface area contributed by atoms with Crippen LogP contribution in [0.3, 0.4) is 0 Å². The zero-order valence-corrected chi connectivity index (χ0v) is 12.3. The highest BCUT2D eigenvalue weighted by molar-refractivity contribution is 7.11. The second-order valence-corrected chi connectivity index (χ2v) is 5.55. The van der Waals surface area contributed by atoms with Crippen molar-refractivity contribution in [3.05, 3.63) is 40.3 Å².